The molecule has 27 heavy (non-hydrogen) atoms. The first-order valence-corrected chi connectivity index (χ1v) is 9.59. The maximum absolute atomic E-state index is 11.7. The lowest BCUT2D eigenvalue weighted by atomic mass is 10.3. The Morgan fingerprint density at radius 1 is 1.44 bits per heavy atom. The number of carbonyl (C=O) groups is 1. The Morgan fingerprint density at radius 2 is 2.19 bits per heavy atom. The molecule has 2 unspecified atom stereocenters. The Morgan fingerprint density at radius 3 is 2.85 bits per heavy atom. The second-order valence-corrected chi connectivity index (χ2v) is 7.42. The van der Waals surface area contributed by atoms with Gasteiger partial charge in [0.2, 0.25) is 5.95 Å². The van der Waals surface area contributed by atoms with Crippen LogP contribution in [0.1, 0.15) is 6.42 Å². The summed E-state index contributed by atoms with van der Waals surface area (Å²) in [6, 6.07) is 0. The zero-order valence-electron chi connectivity index (χ0n) is 14.1. The predicted molar refractivity (Wildman–Crippen MR) is 92.3 cm³/mol. The molecule has 0 aliphatic rings. The second kappa shape index (κ2) is 9.06. The number of hydrogen-bond acceptors (Lipinski definition) is 9. The van der Waals surface area contributed by atoms with Gasteiger partial charge in [-0.15, -0.1) is 0 Å². The van der Waals surface area contributed by atoms with E-state index in [2.05, 4.69) is 19.5 Å². The zero-order chi connectivity index (χ0) is 20.0. The number of ether oxygens (including phenoxy) is 1. The van der Waals surface area contributed by atoms with Gasteiger partial charge < -0.3 is 34.7 Å². The molecule has 0 aromatic carbocycles. The van der Waals surface area contributed by atoms with Gasteiger partial charge in [0.25, 0.3) is 5.56 Å². The van der Waals surface area contributed by atoms with Crippen molar-refractivity contribution < 1.29 is 33.7 Å². The highest BCUT2D eigenvalue weighted by molar-refractivity contribution is 7.53. The van der Waals surface area contributed by atoms with E-state index in [1.54, 1.807) is 0 Å². The quantitative estimate of drug-likeness (QED) is 0.221. The third kappa shape index (κ3) is 6.12. The van der Waals surface area contributed by atoms with Crippen LogP contribution in [-0.2, 0) is 25.2 Å². The molecule has 0 aliphatic heterocycles. The van der Waals surface area contributed by atoms with Crippen LogP contribution >= 0.6 is 7.60 Å². The lowest BCUT2D eigenvalue weighted by molar-refractivity contribution is -0.134. The second-order valence-electron chi connectivity index (χ2n) is 5.57. The summed E-state index contributed by atoms with van der Waals surface area (Å²) in [5.74, 6) is -1.50. The van der Waals surface area contributed by atoms with Gasteiger partial charge >= 0.3 is 13.6 Å². The molecule has 150 valence electrons. The fourth-order valence-corrected chi connectivity index (χ4v) is 3.07. The van der Waals surface area contributed by atoms with Crippen LogP contribution in [0.2, 0.25) is 0 Å². The molecule has 0 fully saturated rings. The van der Waals surface area contributed by atoms with E-state index in [9.17, 15) is 24.2 Å². The summed E-state index contributed by atoms with van der Waals surface area (Å²) in [6.45, 7) is -0.292. The van der Waals surface area contributed by atoms with Crippen LogP contribution < -0.4 is 11.3 Å². The van der Waals surface area contributed by atoms with Crippen LogP contribution in [0.25, 0.3) is 11.2 Å². The Kier molecular flexibility index (Phi) is 7.05. The number of anilines is 1. The van der Waals surface area contributed by atoms with Crippen molar-refractivity contribution in [2.24, 2.45) is 0 Å². The van der Waals surface area contributed by atoms with Gasteiger partial charge in [-0.25, -0.2) is 4.98 Å². The van der Waals surface area contributed by atoms with Gasteiger partial charge in [-0.2, -0.15) is 4.98 Å². The van der Waals surface area contributed by atoms with E-state index in [0.717, 1.165) is 0 Å². The van der Waals surface area contributed by atoms with E-state index in [1.807, 2.05) is 0 Å². The number of aliphatic hydroxyl groups is 1. The molecule has 2 heterocycles. The highest BCUT2D eigenvalue weighted by atomic mass is 31.2. The summed E-state index contributed by atoms with van der Waals surface area (Å²) >= 11 is 0. The maximum atomic E-state index is 11.7. The normalized spacial score (nSPS) is 14.9. The third-order valence-electron chi connectivity index (χ3n) is 3.37. The van der Waals surface area contributed by atoms with E-state index in [-0.39, 0.29) is 49.9 Å². The molecule has 0 radical (unpaired) electrons. The Bertz CT molecular complexity index is 896. The van der Waals surface area contributed by atoms with E-state index in [1.165, 1.54) is 10.9 Å². The number of imidazole rings is 1. The minimum absolute atomic E-state index is 0.0670. The van der Waals surface area contributed by atoms with Crippen molar-refractivity contribution in [1.82, 2.24) is 19.5 Å². The number of carboxylic acids is 1. The number of carboxylic acid groups (broad SMARTS) is 1. The molecule has 0 bridgehead atoms. The molecule has 14 heteroatoms. The molecular formula is C13H20N5O8P. The van der Waals surface area contributed by atoms with Crippen molar-refractivity contribution in [3.63, 3.8) is 0 Å². The molecule has 2 atom stereocenters. The molecule has 0 amide bonds. The molecule has 6 N–H and O–H groups in total. The molecule has 2 aromatic heterocycles. The number of rotatable bonds is 11. The van der Waals surface area contributed by atoms with Crippen molar-refractivity contribution in [3.05, 3.63) is 16.7 Å². The third-order valence-corrected chi connectivity index (χ3v) is 4.62. The lowest BCUT2D eigenvalue weighted by Crippen LogP contribution is -2.25. The van der Waals surface area contributed by atoms with E-state index >= 15 is 0 Å². The summed E-state index contributed by atoms with van der Waals surface area (Å²) in [7, 11) is -4.17. The molecule has 2 aromatic rings. The van der Waals surface area contributed by atoms with Gasteiger partial charge in [-0.3, -0.25) is 19.1 Å². The first-order valence-electron chi connectivity index (χ1n) is 7.83. The van der Waals surface area contributed by atoms with E-state index in [4.69, 9.17) is 15.6 Å². The van der Waals surface area contributed by atoms with Crippen molar-refractivity contribution in [2.45, 2.75) is 19.1 Å². The van der Waals surface area contributed by atoms with Crippen LogP contribution in [0.5, 0.6) is 0 Å². The molecule has 13 nitrogen and oxygen atoms in total. The minimum atomic E-state index is -4.17. The number of H-pyrrole nitrogens is 1. The number of aliphatic hydroxyl groups excluding tert-OH is 1. The van der Waals surface area contributed by atoms with Crippen LogP contribution in [0.3, 0.4) is 0 Å². The molecule has 0 saturated heterocycles. The number of aromatic nitrogens is 4. The topological polar surface area (TPSA) is 203 Å². The average Bonchev–Trinajstić information content (AvgIpc) is 2.95. The Hall–Kier alpha value is -2.31. The smallest absolute Gasteiger partial charge is 0.339 e. The molecule has 0 spiro atoms. The number of nitrogen functional groups attached to an aromatic ring is 1. The first-order chi connectivity index (χ1) is 12.7. The van der Waals surface area contributed by atoms with Gasteiger partial charge in [0, 0.05) is 6.61 Å². The summed E-state index contributed by atoms with van der Waals surface area (Å²) in [6.07, 6.45) is -0.0634. The Balaban J connectivity index is 1.85. The van der Waals surface area contributed by atoms with Crippen molar-refractivity contribution in [1.29, 1.82) is 0 Å². The molecule has 0 saturated carbocycles. The summed E-state index contributed by atoms with van der Waals surface area (Å²) in [5.41, 5.74) is 5.38. The largest absolute Gasteiger partial charge is 0.481 e. The van der Waals surface area contributed by atoms with Crippen LogP contribution in [-0.4, -0.2) is 72.7 Å². The number of aromatic amines is 1. The number of aliphatic carboxylic acids is 1. The lowest BCUT2D eigenvalue weighted by Gasteiger charge is -2.16. The average molecular weight is 405 g/mol. The van der Waals surface area contributed by atoms with Gasteiger partial charge in [-0.05, 0) is 6.42 Å². The molecule has 2 rings (SSSR count). The predicted octanol–water partition coefficient (Wildman–Crippen LogP) is -1.24. The standard InChI is InChI=1S/C13H20N5O8P/c14-13-16-11-10(12(22)17-13)15-7-18(11)4-8(5-19)25-2-1-3-26-27(23,24)6-9(20)21/h7-8,19H,1-6H2,(H,20,21)(H,23,24)(H3,14,16,17,22). The van der Waals surface area contributed by atoms with Crippen LogP contribution in [0.15, 0.2) is 11.1 Å². The summed E-state index contributed by atoms with van der Waals surface area (Å²) < 4.78 is 23.0. The summed E-state index contributed by atoms with van der Waals surface area (Å²) in [4.78, 5) is 41.7. The number of nitrogens with one attached hydrogen (secondary N) is 1. The van der Waals surface area contributed by atoms with Gasteiger partial charge in [0.1, 0.15) is 6.16 Å². The van der Waals surface area contributed by atoms with Crippen molar-refractivity contribution in [2.75, 3.05) is 31.7 Å². The Labute approximate surface area is 152 Å². The minimum Gasteiger partial charge on any atom is -0.481 e. The van der Waals surface area contributed by atoms with E-state index in [0.29, 0.717) is 0 Å². The fraction of sp³-hybridized carbons (Fsp3) is 0.538. The first kappa shape index (κ1) is 21.0. The van der Waals surface area contributed by atoms with Crippen molar-refractivity contribution in [3.8, 4) is 0 Å². The van der Waals surface area contributed by atoms with Gasteiger partial charge in [0.05, 0.1) is 32.2 Å². The van der Waals surface area contributed by atoms with Crippen LogP contribution in [0.4, 0.5) is 5.95 Å². The monoisotopic (exact) mass is 405 g/mol. The number of nitrogens with two attached hydrogens (primary N) is 1. The zero-order valence-corrected chi connectivity index (χ0v) is 15.0. The molecular weight excluding hydrogens is 385 g/mol. The highest BCUT2D eigenvalue weighted by Gasteiger charge is 2.23. The maximum Gasteiger partial charge on any atom is 0.339 e. The van der Waals surface area contributed by atoms with Crippen LogP contribution in [0, 0.1) is 0 Å². The SMILES string of the molecule is Nc1nc2c(ncn2CC(CO)OCCCOP(=O)(O)CC(=O)O)c(=O)[nH]1. The van der Waals surface area contributed by atoms with Gasteiger partial charge in [0.15, 0.2) is 11.2 Å². The number of nitrogens with zero attached hydrogens (tertiary/aromatic N) is 3. The fourth-order valence-electron chi connectivity index (χ4n) is 2.22. The molecule has 0 aliphatic carbocycles. The van der Waals surface area contributed by atoms with E-state index < -0.39 is 31.4 Å². The van der Waals surface area contributed by atoms with Gasteiger partial charge in [-0.1, -0.05) is 0 Å². The van der Waals surface area contributed by atoms with Crippen molar-refractivity contribution >= 4 is 30.7 Å². The summed E-state index contributed by atoms with van der Waals surface area (Å²) in [5, 5.41) is 17.9. The number of hydrogen-bond donors (Lipinski definition) is 5. The number of fused-ring (bicyclic) bond motifs is 1. The highest BCUT2D eigenvalue weighted by Crippen LogP contribution is 2.41.